The number of H-pyrrole nitrogens is 1. The average Bonchev–Trinajstić information content (AvgIpc) is 3.69. The maximum absolute atomic E-state index is 14.0. The number of carbonyl (C=O) groups excluding carboxylic acids is 4. The van der Waals surface area contributed by atoms with E-state index in [0.717, 1.165) is 42.7 Å². The number of ether oxygens (including phenoxy) is 2. The number of nitrogens with one attached hydrogen (secondary N) is 4. The Bertz CT molecular complexity index is 1310. The number of aliphatic hydroxyl groups is 1. The quantitative estimate of drug-likeness (QED) is 0.204. The van der Waals surface area contributed by atoms with E-state index in [-0.39, 0.29) is 25.3 Å². The topological polar surface area (TPSA) is 184 Å². The summed E-state index contributed by atoms with van der Waals surface area (Å²) in [6, 6.07) is 6.24. The van der Waals surface area contributed by atoms with Crippen molar-refractivity contribution < 1.29 is 38.6 Å². The minimum atomic E-state index is -1.23. The molecule has 2 aliphatic rings. The van der Waals surface area contributed by atoms with E-state index in [2.05, 4.69) is 25.9 Å². The Morgan fingerprint density at radius 2 is 1.72 bits per heavy atom. The first-order valence-electron chi connectivity index (χ1n) is 16.2. The number of imidazole rings is 1. The number of hydrogen-bond acceptors (Lipinski definition) is 9. The van der Waals surface area contributed by atoms with Crippen molar-refractivity contribution >= 4 is 24.0 Å². The van der Waals surface area contributed by atoms with Gasteiger partial charge in [-0.15, -0.1) is 0 Å². The van der Waals surface area contributed by atoms with Gasteiger partial charge in [-0.25, -0.2) is 14.6 Å². The normalized spacial score (nSPS) is 19.6. The summed E-state index contributed by atoms with van der Waals surface area (Å²) in [5.41, 5.74) is 0.600. The average molecular weight is 657 g/mol. The van der Waals surface area contributed by atoms with Gasteiger partial charge in [-0.2, -0.15) is 5.06 Å². The molecule has 4 rings (SSSR count). The maximum Gasteiger partial charge on any atom is 0.434 e. The Kier molecular flexibility index (Phi) is 12.6. The van der Waals surface area contributed by atoms with Crippen LogP contribution in [0.3, 0.4) is 0 Å². The first-order chi connectivity index (χ1) is 22.4. The molecule has 2 aromatic rings. The molecule has 5 atom stereocenters. The van der Waals surface area contributed by atoms with Crippen molar-refractivity contribution in [3.05, 3.63) is 54.1 Å². The van der Waals surface area contributed by atoms with E-state index in [1.54, 1.807) is 27.0 Å². The molecule has 2 heterocycles. The van der Waals surface area contributed by atoms with Crippen LogP contribution in [0.1, 0.15) is 70.6 Å². The third-order valence-electron chi connectivity index (χ3n) is 8.36. The number of amides is 4. The summed E-state index contributed by atoms with van der Waals surface area (Å²) < 4.78 is 10.8. The van der Waals surface area contributed by atoms with E-state index in [1.165, 1.54) is 13.4 Å². The number of benzene rings is 1. The number of aliphatic hydroxyl groups excluding tert-OH is 1. The van der Waals surface area contributed by atoms with Crippen molar-refractivity contribution in [3.8, 4) is 0 Å². The van der Waals surface area contributed by atoms with Gasteiger partial charge in [0.15, 0.2) is 6.10 Å². The van der Waals surface area contributed by atoms with E-state index < -0.39 is 59.9 Å². The molecule has 4 amide bonds. The van der Waals surface area contributed by atoms with E-state index in [9.17, 15) is 24.3 Å². The number of aromatic nitrogens is 2. The highest BCUT2D eigenvalue weighted by atomic mass is 16.7. The van der Waals surface area contributed by atoms with Gasteiger partial charge in [0.1, 0.15) is 23.8 Å². The zero-order valence-electron chi connectivity index (χ0n) is 27.6. The van der Waals surface area contributed by atoms with Crippen LogP contribution in [-0.2, 0) is 36.7 Å². The predicted molar refractivity (Wildman–Crippen MR) is 171 cm³/mol. The van der Waals surface area contributed by atoms with Crippen LogP contribution in [0.15, 0.2) is 42.9 Å². The second kappa shape index (κ2) is 16.6. The molecule has 0 unspecified atom stereocenters. The molecule has 2 fully saturated rings. The molecule has 0 spiro atoms. The van der Waals surface area contributed by atoms with Gasteiger partial charge in [-0.05, 0) is 38.7 Å². The number of carbonyl (C=O) groups is 4. The van der Waals surface area contributed by atoms with Gasteiger partial charge in [0.05, 0.1) is 26.0 Å². The van der Waals surface area contributed by atoms with Crippen molar-refractivity contribution in [2.75, 3.05) is 13.7 Å². The van der Waals surface area contributed by atoms with Gasteiger partial charge >= 0.3 is 12.2 Å². The summed E-state index contributed by atoms with van der Waals surface area (Å²) in [5, 5.41) is 20.9. The Hall–Kier alpha value is -4.17. The molecule has 1 saturated heterocycles. The number of nitrogens with zero attached hydrogens (tertiary/aromatic N) is 2. The van der Waals surface area contributed by atoms with E-state index in [1.807, 2.05) is 30.3 Å². The van der Waals surface area contributed by atoms with Crippen LogP contribution in [0.5, 0.6) is 0 Å². The Morgan fingerprint density at radius 1 is 1.04 bits per heavy atom. The van der Waals surface area contributed by atoms with Crippen LogP contribution in [0.4, 0.5) is 9.59 Å². The Balaban J connectivity index is 1.55. The Morgan fingerprint density at radius 3 is 2.34 bits per heavy atom. The standard InChI is InChI=1S/C33H48N6O8/c1-33(2,3)47-31(43)38-25(16-22-13-9-6-10-14-22)29(41)37-26(17-23-18-34-20-35-23)30(42)36-24(15-21-11-7-5-8-12-21)28(40)27-19-39(45-4)32(44)46-27/h6,9-10,13-14,18,20-21,24-28,40H,5,7-8,11-12,15-17,19H2,1-4H3,(H,34,35)(H,36,42)(H,37,41)(H,38,43)/t24-,25+,26+,27+,28-/m1/s1. The summed E-state index contributed by atoms with van der Waals surface area (Å²) in [5.74, 6) is -0.881. The Labute approximate surface area is 275 Å². The fraction of sp³-hybridized carbons (Fsp3) is 0.606. The number of hydrogen-bond donors (Lipinski definition) is 5. The number of hydroxylamine groups is 2. The summed E-state index contributed by atoms with van der Waals surface area (Å²) >= 11 is 0. The molecule has 5 N–H and O–H groups in total. The maximum atomic E-state index is 14.0. The fourth-order valence-corrected chi connectivity index (χ4v) is 6.01. The molecule has 0 bridgehead atoms. The summed E-state index contributed by atoms with van der Waals surface area (Å²) in [6.45, 7) is 5.17. The molecule has 258 valence electrons. The zero-order chi connectivity index (χ0) is 34.0. The highest BCUT2D eigenvalue weighted by Gasteiger charge is 2.42. The van der Waals surface area contributed by atoms with Crippen molar-refractivity contribution in [3.63, 3.8) is 0 Å². The number of cyclic esters (lactones) is 1. The third-order valence-corrected chi connectivity index (χ3v) is 8.36. The lowest BCUT2D eigenvalue weighted by atomic mass is 9.83. The molecule has 1 saturated carbocycles. The van der Waals surface area contributed by atoms with Crippen molar-refractivity contribution in [1.29, 1.82) is 0 Å². The van der Waals surface area contributed by atoms with Crippen LogP contribution in [0, 0.1) is 5.92 Å². The van der Waals surface area contributed by atoms with Crippen molar-refractivity contribution in [1.82, 2.24) is 31.0 Å². The minimum Gasteiger partial charge on any atom is -0.444 e. The SMILES string of the molecule is CON1C[C@@H]([C@H](O)[C@@H](CC2CCCCC2)NC(=O)[C@H](Cc2cnc[nH]2)NC(=O)[C@H](Cc2ccccc2)NC(=O)OC(C)(C)C)OC1=O. The number of aromatic amines is 1. The molecule has 47 heavy (non-hydrogen) atoms. The van der Waals surface area contributed by atoms with Gasteiger partial charge in [0.25, 0.3) is 0 Å². The number of alkyl carbamates (subject to hydrolysis) is 1. The van der Waals surface area contributed by atoms with Crippen LogP contribution < -0.4 is 16.0 Å². The van der Waals surface area contributed by atoms with Crippen LogP contribution >= 0.6 is 0 Å². The second-order valence-electron chi connectivity index (χ2n) is 13.2. The molecule has 1 aliphatic carbocycles. The molecule has 1 aromatic heterocycles. The van der Waals surface area contributed by atoms with Crippen molar-refractivity contribution in [2.24, 2.45) is 5.92 Å². The molecule has 1 aromatic carbocycles. The van der Waals surface area contributed by atoms with Crippen LogP contribution in [-0.4, -0.2) is 93.7 Å². The van der Waals surface area contributed by atoms with E-state index >= 15 is 0 Å². The zero-order valence-corrected chi connectivity index (χ0v) is 27.6. The smallest absolute Gasteiger partial charge is 0.434 e. The highest BCUT2D eigenvalue weighted by Crippen LogP contribution is 2.29. The van der Waals surface area contributed by atoms with E-state index in [0.29, 0.717) is 12.1 Å². The molecule has 14 heteroatoms. The van der Waals surface area contributed by atoms with Gasteiger partial charge in [0, 0.05) is 24.7 Å². The summed E-state index contributed by atoms with van der Waals surface area (Å²) in [6.07, 6.45) is 5.23. The molecule has 0 radical (unpaired) electrons. The molecular weight excluding hydrogens is 608 g/mol. The van der Waals surface area contributed by atoms with E-state index in [4.69, 9.17) is 14.3 Å². The predicted octanol–water partition coefficient (Wildman–Crippen LogP) is 2.77. The molecular formula is C33H48N6O8. The lowest BCUT2D eigenvalue weighted by molar-refractivity contribution is -0.131. The summed E-state index contributed by atoms with van der Waals surface area (Å²) in [4.78, 5) is 64.9. The lowest BCUT2D eigenvalue weighted by Gasteiger charge is -2.33. The van der Waals surface area contributed by atoms with Crippen molar-refractivity contribution in [2.45, 2.75) is 108 Å². The number of rotatable bonds is 14. The van der Waals surface area contributed by atoms with Crippen LogP contribution in [0.25, 0.3) is 0 Å². The minimum absolute atomic E-state index is 0.000648. The summed E-state index contributed by atoms with van der Waals surface area (Å²) in [7, 11) is 1.34. The monoisotopic (exact) mass is 656 g/mol. The second-order valence-corrected chi connectivity index (χ2v) is 13.2. The largest absolute Gasteiger partial charge is 0.444 e. The van der Waals surface area contributed by atoms with Gasteiger partial charge in [-0.3, -0.25) is 14.4 Å². The first kappa shape index (κ1) is 35.7. The third kappa shape index (κ3) is 11.0. The lowest BCUT2D eigenvalue weighted by Crippen LogP contribution is -2.58. The molecule has 1 aliphatic heterocycles. The van der Waals surface area contributed by atoms with Gasteiger partial charge in [0.2, 0.25) is 11.8 Å². The van der Waals surface area contributed by atoms with Gasteiger partial charge in [-0.1, -0.05) is 62.4 Å². The fourth-order valence-electron chi connectivity index (χ4n) is 6.01. The molecule has 14 nitrogen and oxygen atoms in total. The van der Waals surface area contributed by atoms with Crippen LogP contribution in [0.2, 0.25) is 0 Å². The first-order valence-corrected chi connectivity index (χ1v) is 16.2. The van der Waals surface area contributed by atoms with Gasteiger partial charge < -0.3 is 35.5 Å². The highest BCUT2D eigenvalue weighted by molar-refractivity contribution is 5.91.